The molecule has 3 rings (SSSR count). The van der Waals surface area contributed by atoms with E-state index in [1.165, 1.54) is 44.2 Å². The van der Waals surface area contributed by atoms with Crippen molar-refractivity contribution in [3.05, 3.63) is 59.7 Å². The minimum atomic E-state index is -4.26. The minimum Gasteiger partial charge on any atom is -0.193 e. The van der Waals surface area contributed by atoms with Crippen molar-refractivity contribution < 1.29 is 13.2 Å². The maximum atomic E-state index is 12.7. The van der Waals surface area contributed by atoms with Crippen LogP contribution in [-0.2, 0) is 6.18 Å². The average Bonchev–Trinajstić information content (AvgIpc) is 2.76. The van der Waals surface area contributed by atoms with Crippen molar-refractivity contribution >= 4 is 0 Å². The van der Waals surface area contributed by atoms with Gasteiger partial charge in [0.25, 0.3) is 0 Å². The molecule has 2 fully saturated rings. The van der Waals surface area contributed by atoms with Gasteiger partial charge >= 0.3 is 6.18 Å². The third-order valence-corrected chi connectivity index (χ3v) is 6.96. The van der Waals surface area contributed by atoms with E-state index in [1.807, 2.05) is 12.1 Å². The molecule has 162 valence electrons. The summed E-state index contributed by atoms with van der Waals surface area (Å²) in [5.74, 6) is 2.51. The topological polar surface area (TPSA) is 23.8 Å². The van der Waals surface area contributed by atoms with Gasteiger partial charge in [0.2, 0.25) is 0 Å². The maximum absolute atomic E-state index is 12.7. The summed E-state index contributed by atoms with van der Waals surface area (Å²) in [5.41, 5.74) is 0.490. The lowest BCUT2D eigenvalue weighted by atomic mass is 9.77. The van der Waals surface area contributed by atoms with Crippen molar-refractivity contribution in [2.45, 2.75) is 76.3 Å². The van der Waals surface area contributed by atoms with Gasteiger partial charge in [0.15, 0.2) is 0 Å². The van der Waals surface area contributed by atoms with E-state index in [1.54, 1.807) is 18.2 Å². The number of alkyl halides is 3. The summed E-state index contributed by atoms with van der Waals surface area (Å²) < 4.78 is 38.2. The van der Waals surface area contributed by atoms with E-state index >= 15 is 0 Å². The Balaban J connectivity index is 1.38. The van der Waals surface area contributed by atoms with Gasteiger partial charge in [-0.3, -0.25) is 0 Å². The molecule has 0 saturated heterocycles. The molecule has 30 heavy (non-hydrogen) atoms. The molecule has 1 aromatic carbocycles. The molecule has 0 bridgehead atoms. The lowest BCUT2D eigenvalue weighted by Crippen LogP contribution is -2.14. The Morgan fingerprint density at radius 2 is 1.43 bits per heavy atom. The van der Waals surface area contributed by atoms with Crippen molar-refractivity contribution in [2.24, 2.45) is 17.8 Å². The molecule has 1 aromatic rings. The van der Waals surface area contributed by atoms with Crippen molar-refractivity contribution in [3.8, 4) is 6.07 Å². The van der Waals surface area contributed by atoms with Crippen LogP contribution in [0.2, 0.25) is 0 Å². The summed E-state index contributed by atoms with van der Waals surface area (Å²) in [7, 11) is 0. The number of nitrogens with zero attached hydrogens (tertiary/aromatic N) is 1. The van der Waals surface area contributed by atoms with E-state index in [9.17, 15) is 13.2 Å². The van der Waals surface area contributed by atoms with Gasteiger partial charge in [-0.15, -0.1) is 0 Å². The van der Waals surface area contributed by atoms with Crippen LogP contribution in [0.5, 0.6) is 0 Å². The first-order valence-electron chi connectivity index (χ1n) is 11.4. The zero-order valence-electron chi connectivity index (χ0n) is 17.6. The monoisotopic (exact) mass is 415 g/mol. The van der Waals surface area contributed by atoms with Crippen molar-refractivity contribution in [1.82, 2.24) is 0 Å². The summed E-state index contributed by atoms with van der Waals surface area (Å²) in [6.07, 6.45) is 15.9. The summed E-state index contributed by atoms with van der Waals surface area (Å²) in [6, 6.07) is 7.82. The number of allylic oxidation sites excluding steroid dienone is 4. The van der Waals surface area contributed by atoms with Gasteiger partial charge in [0.1, 0.15) is 0 Å². The van der Waals surface area contributed by atoms with Gasteiger partial charge in [-0.05, 0) is 106 Å². The van der Waals surface area contributed by atoms with Gasteiger partial charge in [0.05, 0.1) is 11.6 Å². The van der Waals surface area contributed by atoms with E-state index in [2.05, 4.69) is 12.2 Å². The Morgan fingerprint density at radius 1 is 0.867 bits per heavy atom. The molecule has 4 heteroatoms. The molecular weight excluding hydrogens is 383 g/mol. The highest BCUT2D eigenvalue weighted by Gasteiger charge is 2.30. The summed E-state index contributed by atoms with van der Waals surface area (Å²) in [4.78, 5) is 0. The Labute approximate surface area is 178 Å². The minimum absolute atomic E-state index is 0.391. The molecule has 0 atom stereocenters. The van der Waals surface area contributed by atoms with Gasteiger partial charge in [-0.1, -0.05) is 30.4 Å². The first-order valence-corrected chi connectivity index (χ1v) is 11.4. The van der Waals surface area contributed by atoms with Crippen LogP contribution < -0.4 is 0 Å². The smallest absolute Gasteiger partial charge is 0.193 e. The van der Waals surface area contributed by atoms with Crippen LogP contribution in [0.25, 0.3) is 0 Å². The van der Waals surface area contributed by atoms with Crippen LogP contribution in [0.15, 0.2) is 48.6 Å². The van der Waals surface area contributed by atoms with E-state index in [0.717, 1.165) is 43.6 Å². The molecule has 2 aliphatic carbocycles. The Morgan fingerprint density at radius 3 is 1.97 bits per heavy atom. The van der Waals surface area contributed by atoms with Crippen LogP contribution in [-0.4, -0.2) is 0 Å². The Kier molecular flexibility index (Phi) is 8.19. The number of halogens is 3. The largest absolute Gasteiger partial charge is 0.416 e. The average molecular weight is 416 g/mol. The number of hydrogen-bond donors (Lipinski definition) is 0. The number of nitriles is 1. The molecule has 0 aliphatic heterocycles. The summed E-state index contributed by atoms with van der Waals surface area (Å²) in [6.45, 7) is 0. The van der Waals surface area contributed by atoms with Crippen molar-refractivity contribution in [2.75, 3.05) is 0 Å². The highest BCUT2D eigenvalue weighted by Crippen LogP contribution is 2.38. The zero-order valence-corrected chi connectivity index (χ0v) is 17.6. The Bertz CT molecular complexity index is 738. The molecule has 1 nitrogen and oxygen atoms in total. The molecule has 0 unspecified atom stereocenters. The number of rotatable bonds is 6. The predicted molar refractivity (Wildman–Crippen MR) is 115 cm³/mol. The van der Waals surface area contributed by atoms with Crippen LogP contribution in [0, 0.1) is 29.1 Å². The lowest BCUT2D eigenvalue weighted by Gasteiger charge is -2.29. The predicted octanol–water partition coefficient (Wildman–Crippen LogP) is 8.20. The van der Waals surface area contributed by atoms with Gasteiger partial charge in [0, 0.05) is 6.08 Å². The van der Waals surface area contributed by atoms with Crippen LogP contribution in [0.3, 0.4) is 0 Å². The SMILES string of the molecule is N#CC=CCCC1CCC(/C=C/C2CCC(c3ccc(C(F)(F)F)cc3)CC2)CC1. The fraction of sp³-hybridized carbons (Fsp3) is 0.577. The van der Waals surface area contributed by atoms with Gasteiger partial charge in [-0.2, -0.15) is 18.4 Å². The van der Waals surface area contributed by atoms with Crippen LogP contribution in [0.1, 0.15) is 81.3 Å². The highest BCUT2D eigenvalue weighted by atomic mass is 19.4. The molecule has 0 spiro atoms. The molecule has 0 radical (unpaired) electrons. The first-order chi connectivity index (χ1) is 14.5. The molecule has 2 saturated carbocycles. The first kappa shape index (κ1) is 22.7. The van der Waals surface area contributed by atoms with Gasteiger partial charge in [-0.25, -0.2) is 0 Å². The maximum Gasteiger partial charge on any atom is 0.416 e. The molecule has 0 heterocycles. The normalized spacial score (nSPS) is 28.1. The fourth-order valence-corrected chi connectivity index (χ4v) is 5.04. The van der Waals surface area contributed by atoms with E-state index in [-0.39, 0.29) is 0 Å². The van der Waals surface area contributed by atoms with E-state index in [4.69, 9.17) is 5.26 Å². The highest BCUT2D eigenvalue weighted by molar-refractivity contribution is 5.27. The van der Waals surface area contributed by atoms with Crippen LogP contribution >= 0.6 is 0 Å². The van der Waals surface area contributed by atoms with Crippen LogP contribution in [0.4, 0.5) is 13.2 Å². The number of hydrogen-bond acceptors (Lipinski definition) is 1. The second kappa shape index (κ2) is 10.8. The molecular formula is C26H32F3N. The number of benzene rings is 1. The van der Waals surface area contributed by atoms with Gasteiger partial charge < -0.3 is 0 Å². The molecule has 0 amide bonds. The zero-order chi connectivity index (χ0) is 21.4. The van der Waals surface area contributed by atoms with E-state index in [0.29, 0.717) is 17.8 Å². The third-order valence-electron chi connectivity index (χ3n) is 6.96. The van der Waals surface area contributed by atoms with E-state index < -0.39 is 11.7 Å². The fourth-order valence-electron chi connectivity index (χ4n) is 5.04. The standard InChI is InChI=1S/C26H32F3N/c27-26(28,29)25-17-15-24(16-18-25)23-13-11-22(12-14-23)10-9-21-7-5-20(6-8-21)4-2-1-3-19-30/h1,3,9-10,15-18,20-23H,2,4-8,11-14H2/b3-1?,10-9+. The summed E-state index contributed by atoms with van der Waals surface area (Å²) >= 11 is 0. The second-order valence-corrected chi connectivity index (χ2v) is 9.01. The van der Waals surface area contributed by atoms with Crippen molar-refractivity contribution in [1.29, 1.82) is 5.26 Å². The molecule has 0 aromatic heterocycles. The molecule has 2 aliphatic rings. The summed E-state index contributed by atoms with van der Waals surface area (Å²) in [5, 5.41) is 8.53. The van der Waals surface area contributed by atoms with Crippen molar-refractivity contribution in [3.63, 3.8) is 0 Å². The quantitative estimate of drug-likeness (QED) is 0.339. The molecule has 0 N–H and O–H groups in total. The third kappa shape index (κ3) is 6.76. The Hall–Kier alpha value is -2.02. The second-order valence-electron chi connectivity index (χ2n) is 9.01. The lowest BCUT2D eigenvalue weighted by molar-refractivity contribution is -0.137.